The molecule has 1 aliphatic heterocycles. The summed E-state index contributed by atoms with van der Waals surface area (Å²) in [6, 6.07) is 32.5. The fourth-order valence-corrected chi connectivity index (χ4v) is 5.29. The first-order valence-corrected chi connectivity index (χ1v) is 13.1. The Hall–Kier alpha value is -4.84. The van der Waals surface area contributed by atoms with Crippen molar-refractivity contribution >= 4 is 17.5 Å². The van der Waals surface area contributed by atoms with Crippen LogP contribution in [0.1, 0.15) is 41.7 Å². The van der Waals surface area contributed by atoms with E-state index in [2.05, 4.69) is 4.57 Å². The third-order valence-corrected chi connectivity index (χ3v) is 7.23. The average Bonchev–Trinajstić information content (AvgIpc) is 3.68. The summed E-state index contributed by atoms with van der Waals surface area (Å²) in [6.07, 6.45) is 3.61. The first kappa shape index (κ1) is 24.5. The summed E-state index contributed by atoms with van der Waals surface area (Å²) in [5.41, 5.74) is 5.28. The van der Waals surface area contributed by atoms with Crippen molar-refractivity contribution in [2.24, 2.45) is 0 Å². The van der Waals surface area contributed by atoms with Gasteiger partial charge in [0, 0.05) is 17.8 Å². The van der Waals surface area contributed by atoms with E-state index in [9.17, 15) is 9.59 Å². The molecule has 0 saturated heterocycles. The quantitative estimate of drug-likeness (QED) is 0.252. The third-order valence-electron chi connectivity index (χ3n) is 7.23. The molecule has 0 radical (unpaired) electrons. The predicted molar refractivity (Wildman–Crippen MR) is 152 cm³/mol. The van der Waals surface area contributed by atoms with E-state index in [0.717, 1.165) is 28.2 Å². The first-order chi connectivity index (χ1) is 19.0. The highest BCUT2D eigenvalue weighted by Gasteiger charge is 2.38. The zero-order chi connectivity index (χ0) is 26.9. The molecule has 6 rings (SSSR count). The number of fused-ring (bicyclic) bond motifs is 3. The lowest BCUT2D eigenvalue weighted by atomic mass is 10.0. The zero-order valence-electron chi connectivity index (χ0n) is 21.9. The second-order valence-electron chi connectivity index (χ2n) is 9.94. The number of carbonyl (C=O) groups excluding carboxylic acids is 2. The highest BCUT2D eigenvalue weighted by Crippen LogP contribution is 2.42. The fraction of sp³-hybridized carbons (Fsp3) is 0.152. The number of benzene rings is 3. The summed E-state index contributed by atoms with van der Waals surface area (Å²) >= 11 is 0. The molecule has 1 unspecified atom stereocenters. The van der Waals surface area contributed by atoms with Gasteiger partial charge < -0.3 is 13.9 Å². The van der Waals surface area contributed by atoms with Gasteiger partial charge in [0.1, 0.15) is 18.3 Å². The number of carbonyl (C=O) groups is 2. The van der Waals surface area contributed by atoms with Crippen LogP contribution < -0.4 is 4.90 Å². The van der Waals surface area contributed by atoms with Gasteiger partial charge in [-0.25, -0.2) is 0 Å². The second kappa shape index (κ2) is 10.1. The minimum atomic E-state index is -0.452. The molecule has 1 atom stereocenters. The van der Waals surface area contributed by atoms with Crippen LogP contribution >= 0.6 is 0 Å². The predicted octanol–water partition coefficient (Wildman–Crippen LogP) is 6.72. The zero-order valence-corrected chi connectivity index (χ0v) is 21.9. The van der Waals surface area contributed by atoms with Crippen LogP contribution in [0.15, 0.2) is 120 Å². The number of para-hydroxylation sites is 2. The van der Waals surface area contributed by atoms with Gasteiger partial charge in [-0.3, -0.25) is 14.5 Å². The summed E-state index contributed by atoms with van der Waals surface area (Å²) < 4.78 is 7.91. The van der Waals surface area contributed by atoms with Gasteiger partial charge in [-0.2, -0.15) is 0 Å². The Morgan fingerprint density at radius 3 is 2.18 bits per heavy atom. The normalized spacial score (nSPS) is 14.1. The Bertz CT molecular complexity index is 1600. The van der Waals surface area contributed by atoms with E-state index >= 15 is 0 Å². The van der Waals surface area contributed by atoms with E-state index in [0.29, 0.717) is 11.3 Å². The van der Waals surface area contributed by atoms with Crippen LogP contribution in [0.2, 0.25) is 0 Å². The van der Waals surface area contributed by atoms with Crippen LogP contribution in [0.4, 0.5) is 5.69 Å². The van der Waals surface area contributed by atoms with E-state index in [1.807, 2.05) is 123 Å². The van der Waals surface area contributed by atoms with Crippen molar-refractivity contribution in [1.29, 1.82) is 0 Å². The lowest BCUT2D eigenvalue weighted by Crippen LogP contribution is -2.48. The Balaban J connectivity index is 1.32. The largest absolute Gasteiger partial charge is 0.467 e. The number of hydrogen-bond acceptors (Lipinski definition) is 3. The van der Waals surface area contributed by atoms with Gasteiger partial charge in [-0.15, -0.1) is 0 Å². The number of amides is 2. The van der Waals surface area contributed by atoms with Gasteiger partial charge in [-0.1, -0.05) is 54.6 Å². The molecule has 1 aliphatic rings. The molecule has 0 N–H and O–H groups in total. The monoisotopic (exact) mass is 515 g/mol. The SMILES string of the molecule is CC(C)N(CC(=O)N1c2ccccc2-n2cccc2C1c1ccco1)C(=O)c1ccc(-c2ccccc2)cc1. The van der Waals surface area contributed by atoms with Crippen molar-refractivity contribution in [2.45, 2.75) is 25.9 Å². The van der Waals surface area contributed by atoms with E-state index in [1.54, 1.807) is 16.1 Å². The molecule has 194 valence electrons. The van der Waals surface area contributed by atoms with Gasteiger partial charge in [0.15, 0.2) is 0 Å². The molecule has 3 aromatic carbocycles. The van der Waals surface area contributed by atoms with Gasteiger partial charge in [0.25, 0.3) is 5.91 Å². The van der Waals surface area contributed by atoms with Crippen LogP contribution in [0, 0.1) is 0 Å². The number of nitrogens with zero attached hydrogens (tertiary/aromatic N) is 3. The number of furan rings is 1. The fourth-order valence-electron chi connectivity index (χ4n) is 5.29. The summed E-state index contributed by atoms with van der Waals surface area (Å²) in [5, 5.41) is 0. The number of rotatable bonds is 6. The Kier molecular flexibility index (Phi) is 6.37. The summed E-state index contributed by atoms with van der Waals surface area (Å²) in [4.78, 5) is 31.3. The molecule has 2 aromatic heterocycles. The van der Waals surface area contributed by atoms with Gasteiger partial charge in [0.05, 0.1) is 23.3 Å². The number of aromatic nitrogens is 1. The van der Waals surface area contributed by atoms with Gasteiger partial charge in [0.2, 0.25) is 5.91 Å². The molecule has 2 amide bonds. The van der Waals surface area contributed by atoms with Crippen LogP contribution in [-0.4, -0.2) is 33.9 Å². The lowest BCUT2D eigenvalue weighted by Gasteiger charge is -2.38. The third kappa shape index (κ3) is 4.44. The lowest BCUT2D eigenvalue weighted by molar-refractivity contribution is -0.120. The van der Waals surface area contributed by atoms with Gasteiger partial charge in [-0.05, 0) is 73.5 Å². The maximum atomic E-state index is 14.2. The smallest absolute Gasteiger partial charge is 0.254 e. The van der Waals surface area contributed by atoms with Crippen molar-refractivity contribution in [1.82, 2.24) is 9.47 Å². The van der Waals surface area contributed by atoms with E-state index in [4.69, 9.17) is 4.42 Å². The number of anilines is 1. The van der Waals surface area contributed by atoms with E-state index < -0.39 is 6.04 Å². The van der Waals surface area contributed by atoms with Gasteiger partial charge >= 0.3 is 0 Å². The van der Waals surface area contributed by atoms with Crippen LogP contribution in [-0.2, 0) is 4.79 Å². The maximum absolute atomic E-state index is 14.2. The maximum Gasteiger partial charge on any atom is 0.254 e. The standard InChI is InChI=1S/C33H29N3O3/c1-23(2)35(33(38)26-18-16-25(17-19-26)24-10-4-3-5-11-24)22-31(37)36-28-13-7-6-12-27(28)34-20-8-14-29(34)32(36)30-15-9-21-39-30/h3-21,23,32H,22H2,1-2H3. The van der Waals surface area contributed by atoms with Crippen LogP contribution in [0.25, 0.3) is 16.8 Å². The molecule has 6 nitrogen and oxygen atoms in total. The topological polar surface area (TPSA) is 58.7 Å². The van der Waals surface area contributed by atoms with E-state index in [1.165, 1.54) is 0 Å². The van der Waals surface area contributed by atoms with Crippen LogP contribution in [0.5, 0.6) is 0 Å². The first-order valence-electron chi connectivity index (χ1n) is 13.1. The summed E-state index contributed by atoms with van der Waals surface area (Å²) in [7, 11) is 0. The molecule has 0 aliphatic carbocycles. The molecule has 5 aromatic rings. The van der Waals surface area contributed by atoms with Crippen molar-refractivity contribution in [3.8, 4) is 16.8 Å². The molecule has 39 heavy (non-hydrogen) atoms. The molecule has 0 fully saturated rings. The van der Waals surface area contributed by atoms with Crippen molar-refractivity contribution in [3.63, 3.8) is 0 Å². The minimum Gasteiger partial charge on any atom is -0.467 e. The van der Waals surface area contributed by atoms with Crippen LogP contribution in [0.3, 0.4) is 0 Å². The highest BCUT2D eigenvalue weighted by atomic mass is 16.3. The van der Waals surface area contributed by atoms with Crippen molar-refractivity contribution in [3.05, 3.63) is 133 Å². The van der Waals surface area contributed by atoms with Crippen molar-refractivity contribution in [2.75, 3.05) is 11.4 Å². The molecular formula is C33H29N3O3. The molecular weight excluding hydrogens is 486 g/mol. The Morgan fingerprint density at radius 2 is 1.49 bits per heavy atom. The molecule has 0 spiro atoms. The highest BCUT2D eigenvalue weighted by molar-refractivity contribution is 6.02. The minimum absolute atomic E-state index is 0.0663. The molecule has 0 saturated carbocycles. The average molecular weight is 516 g/mol. The van der Waals surface area contributed by atoms with E-state index in [-0.39, 0.29) is 24.4 Å². The molecule has 3 heterocycles. The second-order valence-corrected chi connectivity index (χ2v) is 9.94. The molecule has 6 heteroatoms. The number of hydrogen-bond donors (Lipinski definition) is 0. The molecule has 0 bridgehead atoms. The summed E-state index contributed by atoms with van der Waals surface area (Å²) in [6.45, 7) is 3.80. The Labute approximate surface area is 227 Å². The Morgan fingerprint density at radius 1 is 0.795 bits per heavy atom. The summed E-state index contributed by atoms with van der Waals surface area (Å²) in [5.74, 6) is 0.303. The van der Waals surface area contributed by atoms with Crippen molar-refractivity contribution < 1.29 is 14.0 Å².